The molecule has 1 aromatic heterocycles. The highest BCUT2D eigenvalue weighted by molar-refractivity contribution is 6.31. The van der Waals surface area contributed by atoms with Gasteiger partial charge in [-0.3, -0.25) is 4.79 Å². The number of carboxylic acid groups (broad SMARTS) is 1. The van der Waals surface area contributed by atoms with Crippen LogP contribution in [0, 0.1) is 11.8 Å². The van der Waals surface area contributed by atoms with Crippen molar-refractivity contribution in [3.63, 3.8) is 0 Å². The first-order valence-corrected chi connectivity index (χ1v) is 3.89. The number of hydrogen-bond acceptors (Lipinski definition) is 2. The van der Waals surface area contributed by atoms with Gasteiger partial charge in [0.2, 0.25) is 0 Å². The molecule has 0 radical (unpaired) electrons. The first-order chi connectivity index (χ1) is 6.20. The molecule has 0 amide bonds. The third-order valence-corrected chi connectivity index (χ3v) is 1.51. The van der Waals surface area contributed by atoms with Gasteiger partial charge in [-0.25, -0.2) is 4.98 Å². The average Bonchev–Trinajstić information content (AvgIpc) is 2.08. The van der Waals surface area contributed by atoms with Gasteiger partial charge in [0.15, 0.2) is 0 Å². The minimum atomic E-state index is -0.959. The monoisotopic (exact) mass is 195 g/mol. The van der Waals surface area contributed by atoms with Crippen molar-refractivity contribution in [2.75, 3.05) is 0 Å². The highest BCUT2D eigenvalue weighted by atomic mass is 35.5. The second-order valence-corrected chi connectivity index (χ2v) is 2.61. The van der Waals surface area contributed by atoms with E-state index < -0.39 is 5.97 Å². The predicted molar refractivity (Wildman–Crippen MR) is 48.4 cm³/mol. The van der Waals surface area contributed by atoms with E-state index in [0.717, 1.165) is 0 Å². The maximum atomic E-state index is 10.1. The molecule has 0 saturated carbocycles. The van der Waals surface area contributed by atoms with Crippen LogP contribution in [0.5, 0.6) is 0 Å². The highest BCUT2D eigenvalue weighted by Crippen LogP contribution is 2.09. The summed E-state index contributed by atoms with van der Waals surface area (Å²) in [5.41, 5.74) is 0.408. The van der Waals surface area contributed by atoms with E-state index in [0.29, 0.717) is 10.7 Å². The van der Waals surface area contributed by atoms with E-state index in [-0.39, 0.29) is 6.42 Å². The number of halogens is 1. The quantitative estimate of drug-likeness (QED) is 0.692. The van der Waals surface area contributed by atoms with Crippen LogP contribution in [0.25, 0.3) is 0 Å². The normalized spacial score (nSPS) is 8.69. The van der Waals surface area contributed by atoms with Crippen LogP contribution < -0.4 is 0 Å². The molecule has 4 heteroatoms. The van der Waals surface area contributed by atoms with Gasteiger partial charge in [-0.15, -0.1) is 0 Å². The lowest BCUT2D eigenvalue weighted by atomic mass is 10.3. The molecule has 13 heavy (non-hydrogen) atoms. The minimum Gasteiger partial charge on any atom is -0.481 e. The molecule has 0 spiro atoms. The Hall–Kier alpha value is -1.53. The van der Waals surface area contributed by atoms with E-state index in [1.54, 1.807) is 18.3 Å². The Morgan fingerprint density at radius 1 is 1.69 bits per heavy atom. The van der Waals surface area contributed by atoms with Crippen LogP contribution in [-0.4, -0.2) is 16.1 Å². The third-order valence-electron chi connectivity index (χ3n) is 1.20. The van der Waals surface area contributed by atoms with Crippen LogP contribution in [0.4, 0.5) is 0 Å². The van der Waals surface area contributed by atoms with Crippen LogP contribution >= 0.6 is 11.6 Å². The number of rotatable bonds is 1. The molecule has 0 aromatic carbocycles. The van der Waals surface area contributed by atoms with E-state index in [2.05, 4.69) is 16.8 Å². The molecule has 0 bridgehead atoms. The molecule has 0 atom stereocenters. The molecule has 3 nitrogen and oxygen atoms in total. The van der Waals surface area contributed by atoms with Crippen molar-refractivity contribution in [3.05, 3.63) is 29.0 Å². The van der Waals surface area contributed by atoms with Gasteiger partial charge in [0.25, 0.3) is 0 Å². The van der Waals surface area contributed by atoms with Gasteiger partial charge in [0.1, 0.15) is 12.1 Å². The number of aromatic nitrogens is 1. The summed E-state index contributed by atoms with van der Waals surface area (Å²) in [6.45, 7) is 0. The summed E-state index contributed by atoms with van der Waals surface area (Å²) in [4.78, 5) is 14.0. The Morgan fingerprint density at radius 3 is 3.08 bits per heavy atom. The van der Waals surface area contributed by atoms with Gasteiger partial charge >= 0.3 is 5.97 Å². The molecular weight excluding hydrogens is 190 g/mol. The number of aliphatic carboxylic acids is 1. The van der Waals surface area contributed by atoms with Gasteiger partial charge in [0.05, 0.1) is 5.02 Å². The number of nitrogens with zero attached hydrogens (tertiary/aromatic N) is 1. The van der Waals surface area contributed by atoms with E-state index in [9.17, 15) is 4.79 Å². The van der Waals surface area contributed by atoms with Crippen molar-refractivity contribution in [3.8, 4) is 11.8 Å². The maximum Gasteiger partial charge on any atom is 0.315 e. The van der Waals surface area contributed by atoms with Gasteiger partial charge in [-0.05, 0) is 18.1 Å². The topological polar surface area (TPSA) is 50.2 Å². The molecule has 0 fully saturated rings. The van der Waals surface area contributed by atoms with Crippen LogP contribution in [0.3, 0.4) is 0 Å². The fourth-order valence-corrected chi connectivity index (χ4v) is 0.850. The Morgan fingerprint density at radius 2 is 2.46 bits per heavy atom. The second kappa shape index (κ2) is 4.48. The molecule has 0 aliphatic heterocycles. The summed E-state index contributed by atoms with van der Waals surface area (Å²) in [6, 6.07) is 3.34. The maximum absolute atomic E-state index is 10.1. The summed E-state index contributed by atoms with van der Waals surface area (Å²) in [5.74, 6) is 4.06. The van der Waals surface area contributed by atoms with Crippen molar-refractivity contribution in [1.82, 2.24) is 4.98 Å². The van der Waals surface area contributed by atoms with Crippen molar-refractivity contribution < 1.29 is 9.90 Å². The molecule has 1 N–H and O–H groups in total. The average molecular weight is 196 g/mol. The van der Waals surface area contributed by atoms with Crippen LogP contribution in [-0.2, 0) is 4.79 Å². The fraction of sp³-hybridized carbons (Fsp3) is 0.111. The lowest BCUT2D eigenvalue weighted by molar-refractivity contribution is -0.135. The Bertz CT molecular complexity index is 379. The lowest BCUT2D eigenvalue weighted by Crippen LogP contribution is -1.90. The molecule has 0 saturated heterocycles. The summed E-state index contributed by atoms with van der Waals surface area (Å²) >= 11 is 5.73. The molecule has 0 unspecified atom stereocenters. The van der Waals surface area contributed by atoms with E-state index in [1.807, 2.05) is 0 Å². The number of hydrogen-bond donors (Lipinski definition) is 1. The molecule has 0 aliphatic carbocycles. The SMILES string of the molecule is O=C(O)CC#Cc1ncccc1Cl. The highest BCUT2D eigenvalue weighted by Gasteiger charge is 1.95. The van der Waals surface area contributed by atoms with E-state index in [4.69, 9.17) is 16.7 Å². The van der Waals surface area contributed by atoms with Gasteiger partial charge < -0.3 is 5.11 Å². The predicted octanol–water partition coefficient (Wildman–Crippen LogP) is 1.56. The van der Waals surface area contributed by atoms with Crippen molar-refractivity contribution >= 4 is 17.6 Å². The Balaban J connectivity index is 2.77. The zero-order valence-electron chi connectivity index (χ0n) is 6.62. The molecule has 1 rings (SSSR count). The van der Waals surface area contributed by atoms with Gasteiger partial charge in [-0.2, -0.15) is 0 Å². The second-order valence-electron chi connectivity index (χ2n) is 2.21. The van der Waals surface area contributed by atoms with E-state index >= 15 is 0 Å². The first-order valence-electron chi connectivity index (χ1n) is 3.51. The number of pyridine rings is 1. The molecule has 66 valence electrons. The summed E-state index contributed by atoms with van der Waals surface area (Å²) in [5, 5.41) is 8.74. The largest absolute Gasteiger partial charge is 0.481 e. The standard InChI is InChI=1S/C9H6ClNO2/c10-7-3-2-6-11-8(7)4-1-5-9(12)13/h2-3,6H,5H2,(H,12,13). The minimum absolute atomic E-state index is 0.201. The van der Waals surface area contributed by atoms with Crippen molar-refractivity contribution in [2.24, 2.45) is 0 Å². The van der Waals surface area contributed by atoms with Crippen LogP contribution in [0.1, 0.15) is 12.1 Å². The first kappa shape index (κ1) is 9.56. The van der Waals surface area contributed by atoms with Crippen LogP contribution in [0.2, 0.25) is 5.02 Å². The Kier molecular flexibility index (Phi) is 3.30. The zero-order chi connectivity index (χ0) is 9.68. The van der Waals surface area contributed by atoms with Gasteiger partial charge in [-0.1, -0.05) is 17.5 Å². The van der Waals surface area contributed by atoms with Crippen molar-refractivity contribution in [1.29, 1.82) is 0 Å². The van der Waals surface area contributed by atoms with E-state index in [1.165, 1.54) is 0 Å². The molecular formula is C9H6ClNO2. The molecule has 0 aliphatic rings. The zero-order valence-corrected chi connectivity index (χ0v) is 7.38. The lowest BCUT2D eigenvalue weighted by Gasteiger charge is -1.90. The Labute approximate surface area is 80.4 Å². The summed E-state index contributed by atoms with van der Waals surface area (Å²) in [7, 11) is 0. The number of carboxylic acids is 1. The smallest absolute Gasteiger partial charge is 0.315 e. The summed E-state index contributed by atoms with van der Waals surface area (Å²) in [6.07, 6.45) is 1.35. The van der Waals surface area contributed by atoms with Crippen LogP contribution in [0.15, 0.2) is 18.3 Å². The van der Waals surface area contributed by atoms with Crippen molar-refractivity contribution in [2.45, 2.75) is 6.42 Å². The molecule has 1 heterocycles. The van der Waals surface area contributed by atoms with Gasteiger partial charge in [0, 0.05) is 6.20 Å². The molecule has 1 aromatic rings. The third kappa shape index (κ3) is 3.14. The number of carbonyl (C=O) groups is 1. The fourth-order valence-electron chi connectivity index (χ4n) is 0.681. The summed E-state index contributed by atoms with van der Waals surface area (Å²) < 4.78 is 0.